The van der Waals surface area contributed by atoms with Crippen LogP contribution in [0, 0.1) is 12.7 Å². The number of carbonyl (C=O) groups is 2. The summed E-state index contributed by atoms with van der Waals surface area (Å²) in [6, 6.07) is 10.5. The van der Waals surface area contributed by atoms with E-state index in [0.717, 1.165) is 23.5 Å². The smallest absolute Gasteiger partial charge is 0.297 e. The first-order valence-corrected chi connectivity index (χ1v) is 11.0. The molecule has 0 saturated heterocycles. The van der Waals surface area contributed by atoms with E-state index in [-0.39, 0.29) is 27.4 Å². The number of hydrogen-bond donors (Lipinski definition) is 0. The number of fused-ring (bicyclic) bond motifs is 5. The zero-order chi connectivity index (χ0) is 23.1. The second kappa shape index (κ2) is 6.55. The molecule has 1 unspecified atom stereocenters. The van der Waals surface area contributed by atoms with Crippen LogP contribution in [0.25, 0.3) is 11.0 Å². The van der Waals surface area contributed by atoms with Crippen LogP contribution in [0.15, 0.2) is 51.7 Å². The highest BCUT2D eigenvalue weighted by Crippen LogP contribution is 2.54. The van der Waals surface area contributed by atoms with Gasteiger partial charge in [-0.2, -0.15) is 0 Å². The van der Waals surface area contributed by atoms with Crippen molar-refractivity contribution in [1.29, 1.82) is 0 Å². The van der Waals surface area contributed by atoms with Crippen LogP contribution in [0.3, 0.4) is 0 Å². The number of para-hydroxylation sites is 1. The van der Waals surface area contributed by atoms with E-state index < -0.39 is 28.6 Å². The van der Waals surface area contributed by atoms with Crippen LogP contribution in [0.1, 0.15) is 33.6 Å². The highest BCUT2D eigenvalue weighted by Gasteiger charge is 2.66. The second-order valence-corrected chi connectivity index (χ2v) is 8.96. The lowest BCUT2D eigenvalue weighted by molar-refractivity contribution is -0.121. The highest BCUT2D eigenvalue weighted by atomic mass is 32.1. The van der Waals surface area contributed by atoms with Crippen molar-refractivity contribution < 1.29 is 18.4 Å². The van der Waals surface area contributed by atoms with Gasteiger partial charge in [-0.05, 0) is 38.1 Å². The quantitative estimate of drug-likeness (QED) is 0.453. The summed E-state index contributed by atoms with van der Waals surface area (Å²) < 4.78 is 19.9. The molecule has 0 saturated carbocycles. The summed E-state index contributed by atoms with van der Waals surface area (Å²) in [7, 11) is 0. The van der Waals surface area contributed by atoms with E-state index in [2.05, 4.69) is 10.2 Å². The van der Waals surface area contributed by atoms with Gasteiger partial charge in [0.25, 0.3) is 11.8 Å². The third-order valence-electron chi connectivity index (χ3n) is 6.11. The van der Waals surface area contributed by atoms with Crippen LogP contribution in [-0.2, 0) is 10.3 Å². The Balaban J connectivity index is 1.81. The summed E-state index contributed by atoms with van der Waals surface area (Å²) in [6.07, 6.45) is 0. The second-order valence-electron chi connectivity index (χ2n) is 7.80. The average molecular weight is 462 g/mol. The molecule has 33 heavy (non-hydrogen) atoms. The zero-order valence-corrected chi connectivity index (χ0v) is 18.3. The molecule has 0 radical (unpaired) electrons. The monoisotopic (exact) mass is 462 g/mol. The van der Waals surface area contributed by atoms with E-state index in [1.165, 1.54) is 15.9 Å². The summed E-state index contributed by atoms with van der Waals surface area (Å²) in [4.78, 5) is 44.4. The van der Waals surface area contributed by atoms with E-state index in [9.17, 15) is 18.8 Å². The molecule has 4 aromatic rings. The molecule has 8 nitrogen and oxygen atoms in total. The van der Waals surface area contributed by atoms with E-state index in [4.69, 9.17) is 4.42 Å². The molecule has 2 aromatic carbocycles. The van der Waals surface area contributed by atoms with E-state index in [1.54, 1.807) is 31.2 Å². The number of carbonyl (C=O) groups excluding carboxylic acids is 2. The first-order valence-electron chi connectivity index (χ1n) is 10.2. The fourth-order valence-electron chi connectivity index (χ4n) is 4.83. The van der Waals surface area contributed by atoms with Crippen LogP contribution in [0.4, 0.5) is 15.2 Å². The van der Waals surface area contributed by atoms with Gasteiger partial charge in [0, 0.05) is 12.1 Å². The molecule has 0 fully saturated rings. The van der Waals surface area contributed by atoms with Gasteiger partial charge in [0.1, 0.15) is 16.4 Å². The number of rotatable bonds is 2. The summed E-state index contributed by atoms with van der Waals surface area (Å²) in [5, 5.41) is 8.84. The first-order chi connectivity index (χ1) is 15.9. The molecule has 0 N–H and O–H groups in total. The Morgan fingerprint density at radius 1 is 1.12 bits per heavy atom. The number of likely N-dealkylation sites (N-methyl/N-ethyl adjacent to an activating group) is 1. The summed E-state index contributed by atoms with van der Waals surface area (Å²) >= 11 is 1.13. The third-order valence-corrected chi connectivity index (χ3v) is 6.93. The number of aryl methyl sites for hydroxylation is 1. The van der Waals surface area contributed by atoms with Gasteiger partial charge in [-0.3, -0.25) is 19.3 Å². The van der Waals surface area contributed by atoms with Gasteiger partial charge in [0.05, 0.1) is 16.6 Å². The molecule has 0 aliphatic carbocycles. The Kier molecular flexibility index (Phi) is 3.92. The fourth-order valence-corrected chi connectivity index (χ4v) is 5.56. The largest absolute Gasteiger partial charge is 0.450 e. The van der Waals surface area contributed by atoms with Crippen molar-refractivity contribution >= 4 is 44.9 Å². The molecular formula is C23H15FN4O4S. The minimum atomic E-state index is -1.83. The van der Waals surface area contributed by atoms with Crippen molar-refractivity contribution in [1.82, 2.24) is 10.2 Å². The minimum Gasteiger partial charge on any atom is -0.450 e. The lowest BCUT2D eigenvalue weighted by Crippen LogP contribution is -2.53. The van der Waals surface area contributed by atoms with E-state index >= 15 is 0 Å². The van der Waals surface area contributed by atoms with Crippen LogP contribution < -0.4 is 15.2 Å². The normalized spacial score (nSPS) is 19.1. The number of hydrogen-bond acceptors (Lipinski definition) is 7. The Hall–Kier alpha value is -3.92. The molecule has 6 rings (SSSR count). The zero-order valence-electron chi connectivity index (χ0n) is 17.5. The topological polar surface area (TPSA) is 96.6 Å². The number of benzene rings is 2. The minimum absolute atomic E-state index is 0.0450. The molecule has 2 aromatic heterocycles. The van der Waals surface area contributed by atoms with E-state index in [0.29, 0.717) is 22.8 Å². The van der Waals surface area contributed by atoms with E-state index in [1.807, 2.05) is 6.92 Å². The van der Waals surface area contributed by atoms with Gasteiger partial charge < -0.3 is 9.32 Å². The molecule has 1 atom stereocenters. The molecule has 2 aliphatic heterocycles. The van der Waals surface area contributed by atoms with Crippen molar-refractivity contribution in [2.45, 2.75) is 19.4 Å². The predicted octanol–water partition coefficient (Wildman–Crippen LogP) is 3.36. The van der Waals surface area contributed by atoms with Gasteiger partial charge in [-0.15, -0.1) is 10.2 Å². The Labute approximate surface area is 189 Å². The Morgan fingerprint density at radius 3 is 2.64 bits per heavy atom. The standard InChI is InChI=1S/C23H15FN4O4S/c1-3-27-15-7-5-4-6-14(15)23(21(27)31)17-18(29)13-10-12(24)8-9-16(13)32-19(17)20(30)28(23)22-26-25-11(2)33-22/h4-10H,3H2,1-2H3. The lowest BCUT2D eigenvalue weighted by atomic mass is 9.84. The van der Waals surface area contributed by atoms with Gasteiger partial charge in [0.2, 0.25) is 10.9 Å². The molecule has 1 spiro atoms. The maximum absolute atomic E-state index is 14.1. The van der Waals surface area contributed by atoms with Gasteiger partial charge >= 0.3 is 0 Å². The van der Waals surface area contributed by atoms with Gasteiger partial charge in [-0.25, -0.2) is 4.39 Å². The summed E-state index contributed by atoms with van der Waals surface area (Å²) in [5.74, 6) is -2.04. The van der Waals surface area contributed by atoms with Crippen LogP contribution in [0.5, 0.6) is 0 Å². The SMILES string of the molecule is CCN1C(=O)C2(c3ccccc31)c1c(oc3ccc(F)cc3c1=O)C(=O)N2c1nnc(C)s1. The molecule has 0 bridgehead atoms. The molecule has 4 heterocycles. The van der Waals surface area contributed by atoms with Crippen molar-refractivity contribution in [2.75, 3.05) is 16.3 Å². The number of halogens is 1. The molecule has 2 amide bonds. The first kappa shape index (κ1) is 19.7. The van der Waals surface area contributed by atoms with Crippen LogP contribution in [-0.4, -0.2) is 28.6 Å². The van der Waals surface area contributed by atoms with Crippen molar-refractivity contribution in [2.24, 2.45) is 0 Å². The molecule has 2 aliphatic rings. The summed E-state index contributed by atoms with van der Waals surface area (Å²) in [5.41, 5.74) is -1.50. The lowest BCUT2D eigenvalue weighted by Gasteiger charge is -2.31. The number of anilines is 2. The number of aromatic nitrogens is 2. The predicted molar refractivity (Wildman–Crippen MR) is 119 cm³/mol. The fraction of sp³-hybridized carbons (Fsp3) is 0.174. The Morgan fingerprint density at radius 2 is 1.91 bits per heavy atom. The highest BCUT2D eigenvalue weighted by molar-refractivity contribution is 7.15. The maximum atomic E-state index is 14.1. The van der Waals surface area contributed by atoms with Crippen molar-refractivity contribution in [3.05, 3.63) is 80.4 Å². The summed E-state index contributed by atoms with van der Waals surface area (Å²) in [6.45, 7) is 3.85. The maximum Gasteiger partial charge on any atom is 0.297 e. The van der Waals surface area contributed by atoms with Crippen molar-refractivity contribution in [3.63, 3.8) is 0 Å². The Bertz CT molecular complexity index is 1580. The number of nitrogens with zero attached hydrogens (tertiary/aromatic N) is 4. The van der Waals surface area contributed by atoms with Crippen LogP contribution in [0.2, 0.25) is 0 Å². The number of amides is 2. The van der Waals surface area contributed by atoms with Gasteiger partial charge in [-0.1, -0.05) is 29.5 Å². The average Bonchev–Trinajstić information content (AvgIpc) is 3.41. The third kappa shape index (κ3) is 2.30. The molecule has 10 heteroatoms. The van der Waals surface area contributed by atoms with Crippen molar-refractivity contribution in [3.8, 4) is 0 Å². The molecule has 164 valence electrons. The van der Waals surface area contributed by atoms with Gasteiger partial charge in [0.15, 0.2) is 11.0 Å². The molecular weight excluding hydrogens is 447 g/mol. The van der Waals surface area contributed by atoms with Crippen LogP contribution >= 0.6 is 11.3 Å².